The third-order valence-corrected chi connectivity index (χ3v) is 2.83. The molecule has 0 bridgehead atoms. The quantitative estimate of drug-likeness (QED) is 0.828. The lowest BCUT2D eigenvalue weighted by atomic mass is 10.0. The fourth-order valence-corrected chi connectivity index (χ4v) is 1.86. The van der Waals surface area contributed by atoms with E-state index in [1.165, 1.54) is 19.2 Å². The molecule has 1 aromatic rings. The Morgan fingerprint density at radius 3 is 2.55 bits per heavy atom. The summed E-state index contributed by atoms with van der Waals surface area (Å²) in [6.07, 6.45) is -2.04. The van der Waals surface area contributed by atoms with Crippen molar-refractivity contribution in [3.8, 4) is 0 Å². The van der Waals surface area contributed by atoms with Crippen molar-refractivity contribution in [3.05, 3.63) is 28.8 Å². The number of benzene rings is 1. The Kier molecular flexibility index (Phi) is 6.20. The molecule has 0 aliphatic heterocycles. The van der Waals surface area contributed by atoms with Crippen molar-refractivity contribution in [2.24, 2.45) is 0 Å². The molecule has 0 unspecified atom stereocenters. The first-order chi connectivity index (χ1) is 10.1. The average molecular weight is 330 g/mol. The molecule has 122 valence electrons. The monoisotopic (exact) mass is 329 g/mol. The fraction of sp³-hybridized carbons (Fsp3) is 0.467. The molecule has 1 amide bonds. The Bertz CT molecular complexity index is 553. The molecule has 0 spiro atoms. The predicted molar refractivity (Wildman–Crippen MR) is 82.9 cm³/mol. The van der Waals surface area contributed by atoms with Crippen LogP contribution in [0.4, 0.5) is 10.5 Å². The van der Waals surface area contributed by atoms with Crippen LogP contribution in [0.5, 0.6) is 0 Å². The average Bonchev–Trinajstić information content (AvgIpc) is 2.36. The van der Waals surface area contributed by atoms with E-state index < -0.39 is 23.8 Å². The van der Waals surface area contributed by atoms with Crippen LogP contribution in [0.1, 0.15) is 38.9 Å². The van der Waals surface area contributed by atoms with Gasteiger partial charge in [0, 0.05) is 10.6 Å². The van der Waals surface area contributed by atoms with Gasteiger partial charge in [-0.1, -0.05) is 17.7 Å². The topological polar surface area (TPSA) is 84.9 Å². The molecule has 0 aliphatic carbocycles. The van der Waals surface area contributed by atoms with Crippen LogP contribution in [-0.4, -0.2) is 29.9 Å². The van der Waals surface area contributed by atoms with Gasteiger partial charge in [-0.25, -0.2) is 4.79 Å². The number of ether oxygens (including phenoxy) is 2. The zero-order valence-electron chi connectivity index (χ0n) is 13.0. The van der Waals surface area contributed by atoms with E-state index in [1.54, 1.807) is 26.8 Å². The van der Waals surface area contributed by atoms with E-state index >= 15 is 0 Å². The summed E-state index contributed by atoms with van der Waals surface area (Å²) in [7, 11) is 1.23. The van der Waals surface area contributed by atoms with Gasteiger partial charge in [0.05, 0.1) is 25.3 Å². The molecular weight excluding hydrogens is 310 g/mol. The highest BCUT2D eigenvalue weighted by Gasteiger charge is 2.21. The number of nitrogens with one attached hydrogen (secondary N) is 1. The minimum absolute atomic E-state index is 0.235. The third kappa shape index (κ3) is 5.91. The first kappa shape index (κ1) is 18.3. The molecule has 0 aliphatic rings. The Labute approximate surface area is 134 Å². The number of amides is 1. The highest BCUT2D eigenvalue weighted by atomic mass is 35.5. The van der Waals surface area contributed by atoms with Crippen molar-refractivity contribution in [2.75, 3.05) is 12.4 Å². The van der Waals surface area contributed by atoms with Gasteiger partial charge >= 0.3 is 12.1 Å². The lowest BCUT2D eigenvalue weighted by Gasteiger charge is -2.21. The normalized spacial score (nSPS) is 12.5. The number of hydrogen-bond donors (Lipinski definition) is 2. The Morgan fingerprint density at radius 2 is 2.00 bits per heavy atom. The minimum Gasteiger partial charge on any atom is -0.469 e. The van der Waals surface area contributed by atoms with Gasteiger partial charge in [-0.05, 0) is 32.9 Å². The largest absolute Gasteiger partial charge is 0.469 e. The number of esters is 1. The van der Waals surface area contributed by atoms with Crippen LogP contribution >= 0.6 is 11.6 Å². The molecule has 0 saturated carbocycles. The van der Waals surface area contributed by atoms with Gasteiger partial charge < -0.3 is 14.6 Å². The summed E-state index contributed by atoms with van der Waals surface area (Å²) in [4.78, 5) is 23.1. The highest BCUT2D eigenvalue weighted by molar-refractivity contribution is 6.31. The molecule has 7 heteroatoms. The van der Waals surface area contributed by atoms with E-state index in [1.807, 2.05) is 0 Å². The second-order valence-corrected chi connectivity index (χ2v) is 6.09. The molecule has 0 saturated heterocycles. The number of aliphatic hydroxyl groups excluding tert-OH is 1. The number of methoxy groups -OCH3 is 1. The molecule has 1 atom stereocenters. The van der Waals surface area contributed by atoms with Crippen LogP contribution in [0.15, 0.2) is 18.2 Å². The van der Waals surface area contributed by atoms with Crippen LogP contribution in [0.25, 0.3) is 0 Å². The standard InChI is InChI=1S/C15H20ClNO5/c1-15(2,3)22-14(20)17-11-7-9(16)5-6-10(11)12(18)8-13(19)21-4/h5-7,12,18H,8H2,1-4H3,(H,17,20)/t12-/m1/s1. The van der Waals surface area contributed by atoms with Crippen LogP contribution in [0.3, 0.4) is 0 Å². The van der Waals surface area contributed by atoms with Crippen molar-refractivity contribution in [3.63, 3.8) is 0 Å². The van der Waals surface area contributed by atoms with Crippen molar-refractivity contribution in [1.29, 1.82) is 0 Å². The molecule has 0 aromatic heterocycles. The van der Waals surface area contributed by atoms with Gasteiger partial charge in [0.1, 0.15) is 5.60 Å². The molecule has 1 aromatic carbocycles. The summed E-state index contributed by atoms with van der Waals surface area (Å²) in [6, 6.07) is 4.56. The summed E-state index contributed by atoms with van der Waals surface area (Å²) >= 11 is 5.91. The second kappa shape index (κ2) is 7.47. The Morgan fingerprint density at radius 1 is 1.36 bits per heavy atom. The molecule has 0 fully saturated rings. The highest BCUT2D eigenvalue weighted by Crippen LogP contribution is 2.29. The fourth-order valence-electron chi connectivity index (χ4n) is 1.69. The summed E-state index contributed by atoms with van der Waals surface area (Å²) in [5, 5.41) is 13.0. The molecular formula is C15H20ClNO5. The molecule has 0 radical (unpaired) electrons. The van der Waals surface area contributed by atoms with E-state index in [4.69, 9.17) is 16.3 Å². The van der Waals surface area contributed by atoms with Gasteiger partial charge in [0.25, 0.3) is 0 Å². The van der Waals surface area contributed by atoms with Crippen molar-refractivity contribution in [1.82, 2.24) is 0 Å². The van der Waals surface area contributed by atoms with Gasteiger partial charge in [0.15, 0.2) is 0 Å². The first-order valence-corrected chi connectivity index (χ1v) is 7.04. The SMILES string of the molecule is COC(=O)C[C@@H](O)c1ccc(Cl)cc1NC(=O)OC(C)(C)C. The summed E-state index contributed by atoms with van der Waals surface area (Å²) in [5.74, 6) is -0.564. The second-order valence-electron chi connectivity index (χ2n) is 5.65. The first-order valence-electron chi connectivity index (χ1n) is 6.66. The van der Waals surface area contributed by atoms with E-state index in [-0.39, 0.29) is 12.1 Å². The number of anilines is 1. The number of carbonyl (C=O) groups excluding carboxylic acids is 2. The summed E-state index contributed by atoms with van der Waals surface area (Å²) < 4.78 is 9.67. The number of aliphatic hydroxyl groups is 1. The van der Waals surface area contributed by atoms with Gasteiger partial charge in [-0.15, -0.1) is 0 Å². The lowest BCUT2D eigenvalue weighted by molar-refractivity contribution is -0.142. The van der Waals surface area contributed by atoms with Crippen LogP contribution in [0.2, 0.25) is 5.02 Å². The van der Waals surface area contributed by atoms with Crippen LogP contribution in [0, 0.1) is 0 Å². The van der Waals surface area contributed by atoms with Gasteiger partial charge in [-0.2, -0.15) is 0 Å². The van der Waals surface area contributed by atoms with Crippen LogP contribution < -0.4 is 5.32 Å². The van der Waals surface area contributed by atoms with E-state index in [0.717, 1.165) is 0 Å². The maximum absolute atomic E-state index is 11.8. The molecule has 1 rings (SSSR count). The van der Waals surface area contributed by atoms with Crippen LogP contribution in [-0.2, 0) is 14.3 Å². The lowest BCUT2D eigenvalue weighted by Crippen LogP contribution is -2.27. The van der Waals surface area contributed by atoms with Crippen molar-refractivity contribution in [2.45, 2.75) is 38.9 Å². The van der Waals surface area contributed by atoms with E-state index in [2.05, 4.69) is 10.1 Å². The number of carbonyl (C=O) groups is 2. The summed E-state index contributed by atoms with van der Waals surface area (Å²) in [5.41, 5.74) is -0.0354. The third-order valence-electron chi connectivity index (χ3n) is 2.60. The zero-order chi connectivity index (χ0) is 16.9. The molecule has 0 heterocycles. The molecule has 6 nitrogen and oxygen atoms in total. The number of hydrogen-bond acceptors (Lipinski definition) is 5. The van der Waals surface area contributed by atoms with Crippen molar-refractivity contribution >= 4 is 29.4 Å². The smallest absolute Gasteiger partial charge is 0.412 e. The Hall–Kier alpha value is -1.79. The summed E-state index contributed by atoms with van der Waals surface area (Å²) in [6.45, 7) is 5.20. The molecule has 2 N–H and O–H groups in total. The molecule has 22 heavy (non-hydrogen) atoms. The Balaban J connectivity index is 2.95. The number of halogens is 1. The van der Waals surface area contributed by atoms with Crippen molar-refractivity contribution < 1.29 is 24.2 Å². The van der Waals surface area contributed by atoms with Gasteiger partial charge in [0.2, 0.25) is 0 Å². The van der Waals surface area contributed by atoms with Gasteiger partial charge in [-0.3, -0.25) is 10.1 Å². The predicted octanol–water partition coefficient (Wildman–Crippen LogP) is 3.28. The number of rotatable bonds is 4. The zero-order valence-corrected chi connectivity index (χ0v) is 13.7. The minimum atomic E-state index is -1.13. The maximum atomic E-state index is 11.8. The van der Waals surface area contributed by atoms with E-state index in [9.17, 15) is 14.7 Å². The maximum Gasteiger partial charge on any atom is 0.412 e. The van der Waals surface area contributed by atoms with E-state index in [0.29, 0.717) is 10.6 Å².